The van der Waals surface area contributed by atoms with E-state index in [9.17, 15) is 0 Å². The first-order chi connectivity index (χ1) is 10.3. The molecule has 112 valence electrons. The highest BCUT2D eigenvalue weighted by atomic mass is 32.2. The zero-order chi connectivity index (χ0) is 14.5. The molecule has 1 saturated heterocycles. The Bertz CT molecular complexity index is 485. The van der Waals surface area contributed by atoms with Gasteiger partial charge < -0.3 is 9.47 Å². The highest BCUT2D eigenvalue weighted by Gasteiger charge is 2.40. The average molecular weight is 302 g/mol. The Morgan fingerprint density at radius 2 is 2.05 bits per heavy atom. The predicted octanol–water partition coefficient (Wildman–Crippen LogP) is 4.23. The lowest BCUT2D eigenvalue weighted by atomic mass is 10.0. The van der Waals surface area contributed by atoms with Crippen LogP contribution in [-0.2, 0) is 9.47 Å². The van der Waals surface area contributed by atoms with Gasteiger partial charge in [0.25, 0.3) is 0 Å². The monoisotopic (exact) mass is 302 g/mol. The first kappa shape index (κ1) is 14.9. The van der Waals surface area contributed by atoms with Gasteiger partial charge in [-0.2, -0.15) is 0 Å². The van der Waals surface area contributed by atoms with E-state index in [0.29, 0.717) is 18.3 Å². The number of benzene rings is 1. The highest BCUT2D eigenvalue weighted by Crippen LogP contribution is 2.34. The summed E-state index contributed by atoms with van der Waals surface area (Å²) in [6.45, 7) is 3.78. The van der Waals surface area contributed by atoms with Gasteiger partial charge in [-0.15, -0.1) is 18.3 Å². The van der Waals surface area contributed by atoms with Crippen LogP contribution in [0.5, 0.6) is 0 Å². The second-order valence-electron chi connectivity index (χ2n) is 5.56. The molecule has 0 N–H and O–H groups in total. The van der Waals surface area contributed by atoms with Crippen molar-refractivity contribution in [1.29, 1.82) is 0 Å². The van der Waals surface area contributed by atoms with E-state index in [1.54, 1.807) is 0 Å². The van der Waals surface area contributed by atoms with Crippen LogP contribution in [0.25, 0.3) is 0 Å². The summed E-state index contributed by atoms with van der Waals surface area (Å²) in [4.78, 5) is 1.31. The van der Waals surface area contributed by atoms with Crippen LogP contribution >= 0.6 is 11.8 Å². The molecule has 0 aliphatic carbocycles. The summed E-state index contributed by atoms with van der Waals surface area (Å²) in [6, 6.07) is 10.5. The first-order valence-electron chi connectivity index (χ1n) is 7.61. The molecule has 2 heterocycles. The van der Waals surface area contributed by atoms with Gasteiger partial charge in [-0.1, -0.05) is 36.4 Å². The number of rotatable bonds is 7. The molecule has 2 aliphatic rings. The van der Waals surface area contributed by atoms with Crippen molar-refractivity contribution in [3.05, 3.63) is 55.1 Å². The second-order valence-corrected chi connectivity index (χ2v) is 6.65. The molecule has 0 radical (unpaired) electrons. The molecule has 1 aromatic carbocycles. The van der Waals surface area contributed by atoms with Crippen LogP contribution in [0.4, 0.5) is 0 Å². The molecule has 0 unspecified atom stereocenters. The van der Waals surface area contributed by atoms with E-state index in [4.69, 9.17) is 9.47 Å². The fourth-order valence-corrected chi connectivity index (χ4v) is 3.67. The summed E-state index contributed by atoms with van der Waals surface area (Å²) in [5.41, 5.74) is 0. The number of ether oxygens (including phenoxy) is 2. The van der Waals surface area contributed by atoms with Gasteiger partial charge in [0.2, 0.25) is 0 Å². The Labute approximate surface area is 131 Å². The third kappa shape index (κ3) is 4.47. The maximum Gasteiger partial charge on any atom is 0.0936 e. The molecule has 0 amide bonds. The normalized spacial score (nSPS) is 31.0. The quantitative estimate of drug-likeness (QED) is 0.427. The van der Waals surface area contributed by atoms with E-state index >= 15 is 0 Å². The van der Waals surface area contributed by atoms with Gasteiger partial charge in [-0.25, -0.2) is 0 Å². The van der Waals surface area contributed by atoms with Gasteiger partial charge in [0, 0.05) is 17.1 Å². The summed E-state index contributed by atoms with van der Waals surface area (Å²) in [7, 11) is 0. The van der Waals surface area contributed by atoms with Crippen molar-refractivity contribution in [3.63, 3.8) is 0 Å². The topological polar surface area (TPSA) is 21.8 Å². The minimum atomic E-state index is 0.206. The van der Waals surface area contributed by atoms with Crippen LogP contribution in [-0.4, -0.2) is 30.2 Å². The fraction of sp³-hybridized carbons (Fsp3) is 0.444. The molecule has 21 heavy (non-hydrogen) atoms. The summed E-state index contributed by atoms with van der Waals surface area (Å²) in [6.07, 6.45) is 10.5. The van der Waals surface area contributed by atoms with Crippen molar-refractivity contribution in [2.75, 3.05) is 5.75 Å². The molecule has 0 spiro atoms. The van der Waals surface area contributed by atoms with Crippen molar-refractivity contribution >= 4 is 11.8 Å². The number of hydrogen-bond donors (Lipinski definition) is 0. The number of thioether (sulfide) groups is 1. The SMILES string of the molecule is C=CC[C@@H]1C=CC[C@@H](C[C@@H]2O[C@H]2CSc2ccccc2)O1. The van der Waals surface area contributed by atoms with Crippen molar-refractivity contribution in [2.24, 2.45) is 0 Å². The van der Waals surface area contributed by atoms with Gasteiger partial charge in [-0.3, -0.25) is 0 Å². The molecular formula is C18H22O2S. The molecule has 3 rings (SSSR count). The molecular weight excluding hydrogens is 280 g/mol. The zero-order valence-corrected chi connectivity index (χ0v) is 13.0. The molecule has 1 aromatic rings. The molecule has 3 heteroatoms. The number of hydrogen-bond acceptors (Lipinski definition) is 3. The molecule has 0 aromatic heterocycles. The van der Waals surface area contributed by atoms with Gasteiger partial charge in [0.15, 0.2) is 0 Å². The van der Waals surface area contributed by atoms with E-state index < -0.39 is 0 Å². The van der Waals surface area contributed by atoms with Crippen molar-refractivity contribution in [1.82, 2.24) is 0 Å². The Morgan fingerprint density at radius 3 is 2.86 bits per heavy atom. The van der Waals surface area contributed by atoms with Crippen LogP contribution in [0, 0.1) is 0 Å². The second kappa shape index (κ2) is 7.30. The van der Waals surface area contributed by atoms with Gasteiger partial charge in [0.1, 0.15) is 0 Å². The Balaban J connectivity index is 1.38. The third-order valence-electron chi connectivity index (χ3n) is 3.86. The molecule has 0 bridgehead atoms. The Morgan fingerprint density at radius 1 is 1.19 bits per heavy atom. The smallest absolute Gasteiger partial charge is 0.0936 e. The summed E-state index contributed by atoms with van der Waals surface area (Å²) < 4.78 is 11.8. The van der Waals surface area contributed by atoms with Crippen LogP contribution in [0.2, 0.25) is 0 Å². The van der Waals surface area contributed by atoms with Crippen molar-refractivity contribution in [3.8, 4) is 0 Å². The van der Waals surface area contributed by atoms with Crippen LogP contribution in [0.15, 0.2) is 60.0 Å². The average Bonchev–Trinajstić information content (AvgIpc) is 3.25. The standard InChI is InChI=1S/C18H22O2S/c1-2-7-14-8-6-9-15(19-14)12-17-18(20-17)13-21-16-10-4-3-5-11-16/h2-6,8,10-11,14-15,17-18H,1,7,9,12-13H2/t14-,15+,17+,18+/m1/s1. The summed E-state index contributed by atoms with van der Waals surface area (Å²) in [5.74, 6) is 1.04. The minimum absolute atomic E-state index is 0.206. The molecule has 2 aliphatic heterocycles. The fourth-order valence-electron chi connectivity index (χ4n) is 2.67. The van der Waals surface area contributed by atoms with Gasteiger partial charge >= 0.3 is 0 Å². The van der Waals surface area contributed by atoms with E-state index in [1.165, 1.54) is 4.90 Å². The highest BCUT2D eigenvalue weighted by molar-refractivity contribution is 7.99. The lowest BCUT2D eigenvalue weighted by molar-refractivity contribution is -0.000258. The van der Waals surface area contributed by atoms with Crippen LogP contribution in [0.1, 0.15) is 19.3 Å². The van der Waals surface area contributed by atoms with Gasteiger partial charge in [0.05, 0.1) is 24.4 Å². The number of epoxide rings is 1. The molecule has 1 fully saturated rings. The van der Waals surface area contributed by atoms with Crippen molar-refractivity contribution in [2.45, 2.75) is 48.6 Å². The minimum Gasteiger partial charge on any atom is -0.370 e. The lowest BCUT2D eigenvalue weighted by Gasteiger charge is -2.24. The Hall–Kier alpha value is -1.03. The maximum absolute atomic E-state index is 6.04. The maximum atomic E-state index is 6.04. The largest absolute Gasteiger partial charge is 0.370 e. The van der Waals surface area contributed by atoms with E-state index in [1.807, 2.05) is 23.9 Å². The third-order valence-corrected chi connectivity index (χ3v) is 4.96. The summed E-state index contributed by atoms with van der Waals surface area (Å²) in [5, 5.41) is 0. The molecule has 2 nitrogen and oxygen atoms in total. The van der Waals surface area contributed by atoms with Crippen LogP contribution in [0.3, 0.4) is 0 Å². The molecule has 0 saturated carbocycles. The van der Waals surface area contributed by atoms with Gasteiger partial charge in [-0.05, 0) is 25.0 Å². The van der Waals surface area contributed by atoms with Crippen LogP contribution < -0.4 is 0 Å². The summed E-state index contributed by atoms with van der Waals surface area (Å²) >= 11 is 1.87. The van der Waals surface area contributed by atoms with E-state index in [2.05, 4.69) is 43.0 Å². The molecule has 4 atom stereocenters. The Kier molecular flexibility index (Phi) is 5.17. The van der Waals surface area contributed by atoms with E-state index in [-0.39, 0.29) is 6.10 Å². The lowest BCUT2D eigenvalue weighted by Crippen LogP contribution is -2.25. The predicted molar refractivity (Wildman–Crippen MR) is 87.7 cm³/mol. The van der Waals surface area contributed by atoms with Crippen molar-refractivity contribution < 1.29 is 9.47 Å². The first-order valence-corrected chi connectivity index (χ1v) is 8.60. The zero-order valence-electron chi connectivity index (χ0n) is 12.2. The van der Waals surface area contributed by atoms with E-state index in [0.717, 1.165) is 25.0 Å².